The number of halogens is 3. The molecule has 0 saturated carbocycles. The Morgan fingerprint density at radius 1 is 1.13 bits per heavy atom. The lowest BCUT2D eigenvalue weighted by molar-refractivity contribution is -0.118. The van der Waals surface area contributed by atoms with Crippen molar-refractivity contribution in [1.82, 2.24) is 4.98 Å². The molecule has 0 spiro atoms. The van der Waals surface area contributed by atoms with Crippen LogP contribution in [0.15, 0.2) is 48.7 Å². The van der Waals surface area contributed by atoms with Gasteiger partial charge in [0.05, 0.1) is 0 Å². The Kier molecular flexibility index (Phi) is 4.88. The Labute approximate surface area is 132 Å². The molecule has 7 heteroatoms. The second-order valence-corrected chi connectivity index (χ2v) is 5.14. The van der Waals surface area contributed by atoms with Crippen molar-refractivity contribution >= 4 is 17.4 Å². The number of hydrogen-bond donors (Lipinski definition) is 0. The zero-order valence-electron chi connectivity index (χ0n) is 12.7. The Bertz CT molecular complexity index is 672. The molecule has 0 atom stereocenters. The SMILES string of the molecule is CN(C)c1cccc(C(=O)N(CC(F)(F)F)c2ccccn2)c1. The molecular weight excluding hydrogens is 307 g/mol. The van der Waals surface area contributed by atoms with Crippen LogP contribution in [0.3, 0.4) is 0 Å². The van der Waals surface area contributed by atoms with Gasteiger partial charge in [0.15, 0.2) is 0 Å². The molecule has 2 rings (SSSR count). The third kappa shape index (κ3) is 4.45. The highest BCUT2D eigenvalue weighted by atomic mass is 19.4. The average molecular weight is 323 g/mol. The second-order valence-electron chi connectivity index (χ2n) is 5.14. The number of aromatic nitrogens is 1. The van der Waals surface area contributed by atoms with Gasteiger partial charge in [-0.25, -0.2) is 4.98 Å². The van der Waals surface area contributed by atoms with Crippen molar-refractivity contribution in [2.45, 2.75) is 6.18 Å². The first kappa shape index (κ1) is 16.8. The van der Waals surface area contributed by atoms with E-state index in [-0.39, 0.29) is 11.4 Å². The molecule has 0 aliphatic heterocycles. The highest BCUT2D eigenvalue weighted by Crippen LogP contribution is 2.23. The smallest absolute Gasteiger partial charge is 0.378 e. The number of alkyl halides is 3. The third-order valence-electron chi connectivity index (χ3n) is 3.12. The van der Waals surface area contributed by atoms with Crippen LogP contribution in [0.2, 0.25) is 0 Å². The van der Waals surface area contributed by atoms with E-state index in [1.807, 2.05) is 0 Å². The lowest BCUT2D eigenvalue weighted by atomic mass is 10.1. The molecule has 0 bridgehead atoms. The molecule has 0 saturated heterocycles. The highest BCUT2D eigenvalue weighted by molar-refractivity contribution is 6.06. The molecule has 1 heterocycles. The molecule has 1 aromatic carbocycles. The molecule has 2 aromatic rings. The first-order valence-corrected chi connectivity index (χ1v) is 6.85. The monoisotopic (exact) mass is 323 g/mol. The first-order chi connectivity index (χ1) is 10.8. The predicted octanol–water partition coefficient (Wildman–Crippen LogP) is 3.36. The van der Waals surface area contributed by atoms with Gasteiger partial charge in [-0.05, 0) is 30.3 Å². The number of amides is 1. The number of anilines is 2. The van der Waals surface area contributed by atoms with Crippen LogP contribution >= 0.6 is 0 Å². The van der Waals surface area contributed by atoms with Gasteiger partial charge < -0.3 is 4.90 Å². The number of hydrogen-bond acceptors (Lipinski definition) is 3. The van der Waals surface area contributed by atoms with Crippen LogP contribution < -0.4 is 9.80 Å². The topological polar surface area (TPSA) is 36.4 Å². The van der Waals surface area contributed by atoms with Crippen molar-refractivity contribution in [2.75, 3.05) is 30.4 Å². The fraction of sp³-hybridized carbons (Fsp3) is 0.250. The van der Waals surface area contributed by atoms with E-state index in [4.69, 9.17) is 0 Å². The van der Waals surface area contributed by atoms with Crippen LogP contribution in [0.4, 0.5) is 24.7 Å². The van der Waals surface area contributed by atoms with Crippen molar-refractivity contribution in [3.63, 3.8) is 0 Å². The van der Waals surface area contributed by atoms with Crippen molar-refractivity contribution < 1.29 is 18.0 Å². The number of rotatable bonds is 4. The fourth-order valence-electron chi connectivity index (χ4n) is 2.02. The molecular formula is C16H16F3N3O. The van der Waals surface area contributed by atoms with E-state index < -0.39 is 18.6 Å². The number of carbonyl (C=O) groups is 1. The second kappa shape index (κ2) is 6.68. The van der Waals surface area contributed by atoms with Gasteiger partial charge >= 0.3 is 6.18 Å². The molecule has 0 aliphatic carbocycles. The summed E-state index contributed by atoms with van der Waals surface area (Å²) in [5.74, 6) is -0.783. The highest BCUT2D eigenvalue weighted by Gasteiger charge is 2.34. The van der Waals surface area contributed by atoms with E-state index in [1.54, 1.807) is 43.3 Å². The summed E-state index contributed by atoms with van der Waals surface area (Å²) in [6.07, 6.45) is -3.17. The molecule has 0 aliphatic rings. The zero-order chi connectivity index (χ0) is 17.0. The number of carbonyl (C=O) groups excluding carboxylic acids is 1. The standard InChI is InChI=1S/C16H16F3N3O/c1-21(2)13-7-5-6-12(10-13)15(23)22(11-16(17,18)19)14-8-3-4-9-20-14/h3-10H,11H2,1-2H3. The molecule has 4 nitrogen and oxygen atoms in total. The van der Waals surface area contributed by atoms with Crippen molar-refractivity contribution in [3.8, 4) is 0 Å². The fourth-order valence-corrected chi connectivity index (χ4v) is 2.02. The van der Waals surface area contributed by atoms with Crippen molar-refractivity contribution in [1.29, 1.82) is 0 Å². The molecule has 122 valence electrons. The zero-order valence-corrected chi connectivity index (χ0v) is 12.7. The van der Waals surface area contributed by atoms with Crippen LogP contribution in [-0.2, 0) is 0 Å². The van der Waals surface area contributed by atoms with Gasteiger partial charge in [0.1, 0.15) is 12.4 Å². The van der Waals surface area contributed by atoms with E-state index in [1.165, 1.54) is 24.4 Å². The summed E-state index contributed by atoms with van der Waals surface area (Å²) in [6, 6.07) is 10.9. The van der Waals surface area contributed by atoms with Gasteiger partial charge in [-0.15, -0.1) is 0 Å². The molecule has 23 heavy (non-hydrogen) atoms. The average Bonchev–Trinajstić information content (AvgIpc) is 2.52. The molecule has 0 unspecified atom stereocenters. The van der Waals surface area contributed by atoms with Gasteiger partial charge in [-0.1, -0.05) is 12.1 Å². The summed E-state index contributed by atoms with van der Waals surface area (Å²) in [7, 11) is 3.58. The Balaban J connectivity index is 2.39. The number of nitrogens with zero attached hydrogens (tertiary/aromatic N) is 3. The summed E-state index contributed by atoms with van der Waals surface area (Å²) < 4.78 is 38.5. The molecule has 0 N–H and O–H groups in total. The Hall–Kier alpha value is -2.57. The van der Waals surface area contributed by atoms with Gasteiger partial charge in [0.25, 0.3) is 5.91 Å². The van der Waals surface area contributed by atoms with E-state index in [0.717, 1.165) is 5.69 Å². The maximum absolute atomic E-state index is 12.8. The molecule has 1 aromatic heterocycles. The first-order valence-electron chi connectivity index (χ1n) is 6.85. The summed E-state index contributed by atoms with van der Waals surface area (Å²) in [4.78, 5) is 18.8. The van der Waals surface area contributed by atoms with Gasteiger partial charge in [0.2, 0.25) is 0 Å². The lowest BCUT2D eigenvalue weighted by Gasteiger charge is -2.23. The van der Waals surface area contributed by atoms with Crippen LogP contribution in [0.25, 0.3) is 0 Å². The minimum absolute atomic E-state index is 0.0370. The summed E-state index contributed by atoms with van der Waals surface area (Å²) >= 11 is 0. The predicted molar refractivity (Wildman–Crippen MR) is 82.7 cm³/mol. The quantitative estimate of drug-likeness (QED) is 0.866. The van der Waals surface area contributed by atoms with E-state index >= 15 is 0 Å². The van der Waals surface area contributed by atoms with Crippen LogP contribution in [0.5, 0.6) is 0 Å². The molecule has 0 fully saturated rings. The lowest BCUT2D eigenvalue weighted by Crippen LogP contribution is -2.39. The van der Waals surface area contributed by atoms with Crippen LogP contribution in [0.1, 0.15) is 10.4 Å². The largest absolute Gasteiger partial charge is 0.406 e. The van der Waals surface area contributed by atoms with Crippen LogP contribution in [-0.4, -0.2) is 37.7 Å². The summed E-state index contributed by atoms with van der Waals surface area (Å²) in [6.45, 7) is -1.39. The number of pyridine rings is 1. The maximum Gasteiger partial charge on any atom is 0.406 e. The van der Waals surface area contributed by atoms with Gasteiger partial charge in [-0.3, -0.25) is 9.69 Å². The maximum atomic E-state index is 12.8. The van der Waals surface area contributed by atoms with Gasteiger partial charge in [0, 0.05) is 31.5 Å². The third-order valence-corrected chi connectivity index (χ3v) is 3.12. The van der Waals surface area contributed by atoms with Gasteiger partial charge in [-0.2, -0.15) is 13.2 Å². The normalized spacial score (nSPS) is 11.2. The Morgan fingerprint density at radius 3 is 2.43 bits per heavy atom. The molecule has 1 amide bonds. The summed E-state index contributed by atoms with van der Waals surface area (Å²) in [5.41, 5.74) is 0.898. The minimum atomic E-state index is -4.52. The van der Waals surface area contributed by atoms with E-state index in [0.29, 0.717) is 4.90 Å². The van der Waals surface area contributed by atoms with E-state index in [9.17, 15) is 18.0 Å². The van der Waals surface area contributed by atoms with Crippen molar-refractivity contribution in [2.24, 2.45) is 0 Å². The minimum Gasteiger partial charge on any atom is -0.378 e. The Morgan fingerprint density at radius 2 is 1.87 bits per heavy atom. The van der Waals surface area contributed by atoms with Crippen LogP contribution in [0, 0.1) is 0 Å². The van der Waals surface area contributed by atoms with Crippen molar-refractivity contribution in [3.05, 3.63) is 54.2 Å². The number of benzene rings is 1. The molecule has 0 radical (unpaired) electrons. The summed E-state index contributed by atoms with van der Waals surface area (Å²) in [5, 5.41) is 0. The van der Waals surface area contributed by atoms with E-state index in [2.05, 4.69) is 4.98 Å².